The van der Waals surface area contributed by atoms with Gasteiger partial charge in [0.1, 0.15) is 17.2 Å². The number of hydrogen-bond donors (Lipinski definition) is 0. The quantitative estimate of drug-likeness (QED) is 0.572. The number of aryl methyl sites for hydroxylation is 1. The van der Waals surface area contributed by atoms with Gasteiger partial charge in [-0.15, -0.1) is 0 Å². The summed E-state index contributed by atoms with van der Waals surface area (Å²) in [6, 6.07) is 5.35. The highest BCUT2D eigenvalue weighted by molar-refractivity contribution is 7.89. The molecular weight excluding hydrogens is 382 g/mol. The van der Waals surface area contributed by atoms with Crippen molar-refractivity contribution in [3.8, 4) is 0 Å². The van der Waals surface area contributed by atoms with E-state index in [9.17, 15) is 18.5 Å². The van der Waals surface area contributed by atoms with Crippen molar-refractivity contribution in [3.63, 3.8) is 0 Å². The van der Waals surface area contributed by atoms with Crippen molar-refractivity contribution in [2.24, 2.45) is 0 Å². The number of halogens is 1. The monoisotopic (exact) mass is 397 g/mol. The zero-order valence-corrected chi connectivity index (χ0v) is 15.4. The van der Waals surface area contributed by atoms with E-state index in [0.29, 0.717) is 13.1 Å². The molecule has 1 saturated heterocycles. The highest BCUT2D eigenvalue weighted by Crippen LogP contribution is 2.29. The van der Waals surface area contributed by atoms with Gasteiger partial charge in [0, 0.05) is 44.0 Å². The van der Waals surface area contributed by atoms with Crippen LogP contribution in [-0.4, -0.2) is 53.8 Å². The summed E-state index contributed by atoms with van der Waals surface area (Å²) in [5, 5.41) is 10.9. The van der Waals surface area contributed by atoms with Crippen molar-refractivity contribution in [1.82, 2.24) is 14.3 Å². The van der Waals surface area contributed by atoms with Gasteiger partial charge in [0.25, 0.3) is 5.69 Å². The number of rotatable bonds is 4. The largest absolute Gasteiger partial charge is 0.354 e. The molecular formula is C15H16ClN5O4S. The van der Waals surface area contributed by atoms with E-state index in [4.69, 9.17) is 11.6 Å². The van der Waals surface area contributed by atoms with E-state index in [1.165, 1.54) is 22.8 Å². The molecule has 1 aliphatic rings. The maximum atomic E-state index is 12.8. The molecule has 0 N–H and O–H groups in total. The molecule has 1 aromatic carbocycles. The first-order valence-corrected chi connectivity index (χ1v) is 9.58. The third-order valence-corrected chi connectivity index (χ3v) is 6.32. The molecule has 1 fully saturated rings. The van der Waals surface area contributed by atoms with Gasteiger partial charge in [-0.2, -0.15) is 4.31 Å². The average Bonchev–Trinajstić information content (AvgIpc) is 2.62. The number of sulfonamides is 1. The molecule has 0 unspecified atom stereocenters. The minimum Gasteiger partial charge on any atom is -0.354 e. The summed E-state index contributed by atoms with van der Waals surface area (Å²) in [4.78, 5) is 20.4. The van der Waals surface area contributed by atoms with Gasteiger partial charge in [-0.1, -0.05) is 11.6 Å². The summed E-state index contributed by atoms with van der Waals surface area (Å²) in [5.41, 5.74) is 0.404. The Morgan fingerprint density at radius 3 is 2.46 bits per heavy atom. The lowest BCUT2D eigenvalue weighted by atomic mass is 10.3. The Bertz CT molecular complexity index is 945. The molecule has 0 radical (unpaired) electrons. The predicted octanol–water partition coefficient (Wildman–Crippen LogP) is 1.86. The number of aromatic nitrogens is 2. The zero-order valence-electron chi connectivity index (χ0n) is 13.9. The van der Waals surface area contributed by atoms with Crippen LogP contribution in [-0.2, 0) is 10.0 Å². The van der Waals surface area contributed by atoms with Crippen LogP contribution in [0.1, 0.15) is 5.69 Å². The second kappa shape index (κ2) is 7.14. The van der Waals surface area contributed by atoms with Gasteiger partial charge in [-0.25, -0.2) is 18.4 Å². The lowest BCUT2D eigenvalue weighted by Gasteiger charge is -2.34. The molecule has 26 heavy (non-hydrogen) atoms. The normalized spacial score (nSPS) is 15.8. The van der Waals surface area contributed by atoms with Crippen LogP contribution < -0.4 is 4.90 Å². The van der Waals surface area contributed by atoms with Crippen LogP contribution in [0.5, 0.6) is 0 Å². The van der Waals surface area contributed by atoms with Gasteiger partial charge in [0.15, 0.2) is 0 Å². The first kappa shape index (κ1) is 18.5. The van der Waals surface area contributed by atoms with E-state index in [1.807, 2.05) is 17.9 Å². The lowest BCUT2D eigenvalue weighted by molar-refractivity contribution is -0.384. The van der Waals surface area contributed by atoms with Crippen molar-refractivity contribution < 1.29 is 13.3 Å². The van der Waals surface area contributed by atoms with Gasteiger partial charge >= 0.3 is 0 Å². The Morgan fingerprint density at radius 1 is 1.15 bits per heavy atom. The third-order valence-electron chi connectivity index (χ3n) is 4.10. The second-order valence-electron chi connectivity index (χ2n) is 5.78. The van der Waals surface area contributed by atoms with Crippen LogP contribution in [0.4, 0.5) is 11.5 Å². The van der Waals surface area contributed by atoms with Crippen molar-refractivity contribution >= 4 is 33.1 Å². The summed E-state index contributed by atoms with van der Waals surface area (Å²) in [7, 11) is -3.84. The number of hydrogen-bond acceptors (Lipinski definition) is 7. The fourth-order valence-electron chi connectivity index (χ4n) is 2.71. The van der Waals surface area contributed by atoms with Gasteiger partial charge < -0.3 is 4.90 Å². The minimum absolute atomic E-state index is 0.0992. The van der Waals surface area contributed by atoms with Crippen molar-refractivity contribution in [3.05, 3.63) is 51.4 Å². The van der Waals surface area contributed by atoms with Gasteiger partial charge in [0.2, 0.25) is 10.0 Å². The van der Waals surface area contributed by atoms with Gasteiger partial charge in [0.05, 0.1) is 9.82 Å². The Balaban J connectivity index is 1.78. The zero-order chi connectivity index (χ0) is 18.9. The van der Waals surface area contributed by atoms with E-state index < -0.39 is 20.6 Å². The molecule has 2 aromatic rings. The number of piperazine rings is 1. The van der Waals surface area contributed by atoms with Crippen molar-refractivity contribution in [1.29, 1.82) is 0 Å². The standard InChI is InChI=1S/C15H16ClN5O4S/c1-11-8-15(18-10-17-11)19-4-6-20(7-5-19)26(24,25)12-2-3-13(16)14(9-12)21(22)23/h2-3,8-10H,4-7H2,1H3. The molecule has 0 saturated carbocycles. The first-order chi connectivity index (χ1) is 12.3. The van der Waals surface area contributed by atoms with E-state index in [-0.39, 0.29) is 23.0 Å². The molecule has 0 spiro atoms. The van der Waals surface area contributed by atoms with Crippen LogP contribution in [0.15, 0.2) is 35.5 Å². The molecule has 0 amide bonds. The molecule has 138 valence electrons. The first-order valence-electron chi connectivity index (χ1n) is 7.77. The Kier molecular flexibility index (Phi) is 5.08. The molecule has 11 heteroatoms. The number of nitrogens with zero attached hydrogens (tertiary/aromatic N) is 5. The molecule has 2 heterocycles. The fourth-order valence-corrected chi connectivity index (χ4v) is 4.34. The fraction of sp³-hybridized carbons (Fsp3) is 0.333. The Hall–Kier alpha value is -2.30. The van der Waals surface area contributed by atoms with E-state index in [0.717, 1.165) is 17.6 Å². The number of nitro benzene ring substituents is 1. The summed E-state index contributed by atoms with van der Waals surface area (Å²) in [6.07, 6.45) is 1.47. The van der Waals surface area contributed by atoms with Crippen molar-refractivity contribution in [2.45, 2.75) is 11.8 Å². The van der Waals surface area contributed by atoms with Gasteiger partial charge in [-0.05, 0) is 19.1 Å². The molecule has 0 aliphatic carbocycles. The van der Waals surface area contributed by atoms with Crippen LogP contribution in [0.2, 0.25) is 5.02 Å². The molecule has 0 bridgehead atoms. The summed E-state index contributed by atoms with van der Waals surface area (Å²) in [6.45, 7) is 3.29. The van der Waals surface area contributed by atoms with Crippen LogP contribution in [0.3, 0.4) is 0 Å². The molecule has 0 atom stereocenters. The van der Waals surface area contributed by atoms with Crippen LogP contribution in [0.25, 0.3) is 0 Å². The number of anilines is 1. The van der Waals surface area contributed by atoms with Gasteiger partial charge in [-0.3, -0.25) is 10.1 Å². The van der Waals surface area contributed by atoms with Crippen LogP contribution in [0, 0.1) is 17.0 Å². The summed E-state index contributed by atoms with van der Waals surface area (Å²) < 4.78 is 26.9. The average molecular weight is 398 g/mol. The summed E-state index contributed by atoms with van der Waals surface area (Å²) in [5.74, 6) is 0.747. The molecule has 9 nitrogen and oxygen atoms in total. The molecule has 1 aliphatic heterocycles. The lowest BCUT2D eigenvalue weighted by Crippen LogP contribution is -2.48. The number of benzene rings is 1. The smallest absolute Gasteiger partial charge is 0.289 e. The Morgan fingerprint density at radius 2 is 1.85 bits per heavy atom. The maximum Gasteiger partial charge on any atom is 0.289 e. The maximum absolute atomic E-state index is 12.8. The minimum atomic E-state index is -3.84. The SMILES string of the molecule is Cc1cc(N2CCN(S(=O)(=O)c3ccc(Cl)c([N+](=O)[O-])c3)CC2)ncn1. The van der Waals surface area contributed by atoms with Crippen LogP contribution >= 0.6 is 11.6 Å². The highest BCUT2D eigenvalue weighted by Gasteiger charge is 2.30. The highest BCUT2D eigenvalue weighted by atomic mass is 35.5. The van der Waals surface area contributed by atoms with E-state index >= 15 is 0 Å². The van der Waals surface area contributed by atoms with E-state index in [2.05, 4.69) is 9.97 Å². The molecule has 3 rings (SSSR count). The van der Waals surface area contributed by atoms with Crippen molar-refractivity contribution in [2.75, 3.05) is 31.1 Å². The predicted molar refractivity (Wildman–Crippen MR) is 95.8 cm³/mol. The topological polar surface area (TPSA) is 110 Å². The molecule has 1 aromatic heterocycles. The van der Waals surface area contributed by atoms with E-state index in [1.54, 1.807) is 0 Å². The summed E-state index contributed by atoms with van der Waals surface area (Å²) >= 11 is 5.76. The second-order valence-corrected chi connectivity index (χ2v) is 8.12. The number of nitro groups is 1. The Labute approximate surface area is 155 Å². The third kappa shape index (κ3) is 3.62.